The number of hydrogen-bond acceptors (Lipinski definition) is 2. The first-order valence-electron chi connectivity index (χ1n) is 8.99. The second kappa shape index (κ2) is 8.56. The van der Waals surface area contributed by atoms with E-state index in [2.05, 4.69) is 52.9 Å². The van der Waals surface area contributed by atoms with E-state index >= 15 is 0 Å². The molecule has 3 rings (SSSR count). The highest BCUT2D eigenvalue weighted by Crippen LogP contribution is 2.30. The van der Waals surface area contributed by atoms with Crippen molar-refractivity contribution < 1.29 is 4.74 Å². The Kier molecular flexibility index (Phi) is 5.94. The molecule has 0 aromatic heterocycles. The lowest BCUT2D eigenvalue weighted by atomic mass is 10.1. The number of nitrogens with one attached hydrogen (secondary N) is 2. The van der Waals surface area contributed by atoms with Gasteiger partial charge in [-0.05, 0) is 37.3 Å². The Morgan fingerprint density at radius 3 is 2.56 bits per heavy atom. The van der Waals surface area contributed by atoms with Crippen molar-refractivity contribution in [3.05, 3.63) is 65.7 Å². The zero-order valence-corrected chi connectivity index (χ0v) is 15.0. The standard InChI is InChI=1S/C21H27N3O/c1-16(18-8-4-3-5-9-18)24-21(22-2)23-14-19-10-6-7-11-20(19)25-15-17-12-13-17/h3-11,16-17H,12-15H2,1-2H3,(H2,22,23,24). The van der Waals surface area contributed by atoms with Gasteiger partial charge in [-0.2, -0.15) is 0 Å². The molecular weight excluding hydrogens is 310 g/mol. The summed E-state index contributed by atoms with van der Waals surface area (Å²) in [5.41, 5.74) is 2.39. The first-order chi connectivity index (χ1) is 12.3. The summed E-state index contributed by atoms with van der Waals surface area (Å²) in [6.07, 6.45) is 2.60. The van der Waals surface area contributed by atoms with Gasteiger partial charge in [-0.1, -0.05) is 48.5 Å². The number of rotatable bonds is 7. The summed E-state index contributed by atoms with van der Waals surface area (Å²) in [4.78, 5) is 4.34. The molecule has 132 valence electrons. The molecule has 1 fully saturated rings. The molecule has 1 unspecified atom stereocenters. The van der Waals surface area contributed by atoms with Crippen molar-refractivity contribution in [3.63, 3.8) is 0 Å². The van der Waals surface area contributed by atoms with Gasteiger partial charge in [-0.15, -0.1) is 0 Å². The van der Waals surface area contributed by atoms with Crippen molar-refractivity contribution in [3.8, 4) is 5.75 Å². The summed E-state index contributed by atoms with van der Waals surface area (Å²) in [6.45, 7) is 3.64. The summed E-state index contributed by atoms with van der Waals surface area (Å²) in [5.74, 6) is 2.50. The Balaban J connectivity index is 1.56. The Bertz CT molecular complexity index is 695. The van der Waals surface area contributed by atoms with Crippen LogP contribution in [0.2, 0.25) is 0 Å². The van der Waals surface area contributed by atoms with E-state index < -0.39 is 0 Å². The predicted octanol–water partition coefficient (Wildman–Crippen LogP) is 3.90. The molecule has 0 heterocycles. The largest absolute Gasteiger partial charge is 0.493 e. The van der Waals surface area contributed by atoms with E-state index in [-0.39, 0.29) is 6.04 Å². The van der Waals surface area contributed by atoms with E-state index in [1.54, 1.807) is 7.05 Å². The molecule has 0 bridgehead atoms. The molecular formula is C21H27N3O. The van der Waals surface area contributed by atoms with Crippen LogP contribution >= 0.6 is 0 Å². The summed E-state index contributed by atoms with van der Waals surface area (Å²) in [7, 11) is 1.79. The molecule has 2 aromatic carbocycles. The highest BCUT2D eigenvalue weighted by molar-refractivity contribution is 5.80. The van der Waals surface area contributed by atoms with Crippen molar-refractivity contribution in [1.29, 1.82) is 0 Å². The third-order valence-corrected chi connectivity index (χ3v) is 4.47. The van der Waals surface area contributed by atoms with Crippen LogP contribution in [0.15, 0.2) is 59.6 Å². The molecule has 1 aliphatic rings. The minimum atomic E-state index is 0.189. The van der Waals surface area contributed by atoms with Crippen molar-refractivity contribution in [1.82, 2.24) is 10.6 Å². The van der Waals surface area contributed by atoms with E-state index in [1.807, 2.05) is 24.3 Å². The zero-order valence-electron chi connectivity index (χ0n) is 15.0. The highest BCUT2D eigenvalue weighted by atomic mass is 16.5. The molecule has 4 nitrogen and oxygen atoms in total. The van der Waals surface area contributed by atoms with Crippen molar-refractivity contribution in [2.24, 2.45) is 10.9 Å². The maximum absolute atomic E-state index is 5.98. The van der Waals surface area contributed by atoms with E-state index in [0.29, 0.717) is 6.54 Å². The molecule has 0 amide bonds. The van der Waals surface area contributed by atoms with Crippen molar-refractivity contribution in [2.45, 2.75) is 32.4 Å². The van der Waals surface area contributed by atoms with Crippen LogP contribution in [0.1, 0.15) is 36.9 Å². The quantitative estimate of drug-likeness (QED) is 0.595. The van der Waals surface area contributed by atoms with Crippen LogP contribution in [0.25, 0.3) is 0 Å². The first-order valence-corrected chi connectivity index (χ1v) is 8.99. The fourth-order valence-electron chi connectivity index (χ4n) is 2.69. The maximum atomic E-state index is 5.98. The Labute approximate surface area is 150 Å². The summed E-state index contributed by atoms with van der Waals surface area (Å²) < 4.78 is 5.98. The molecule has 0 aliphatic heterocycles. The smallest absolute Gasteiger partial charge is 0.191 e. The van der Waals surface area contributed by atoms with E-state index in [1.165, 1.54) is 18.4 Å². The number of benzene rings is 2. The number of para-hydroxylation sites is 1. The number of guanidine groups is 1. The van der Waals surface area contributed by atoms with Gasteiger partial charge in [0.15, 0.2) is 5.96 Å². The van der Waals surface area contributed by atoms with Gasteiger partial charge >= 0.3 is 0 Å². The Morgan fingerprint density at radius 1 is 1.12 bits per heavy atom. The van der Waals surface area contributed by atoms with Crippen LogP contribution in [0.4, 0.5) is 0 Å². The molecule has 0 radical (unpaired) electrons. The molecule has 2 aromatic rings. The minimum Gasteiger partial charge on any atom is -0.493 e. The minimum absolute atomic E-state index is 0.189. The number of hydrogen-bond donors (Lipinski definition) is 2. The third-order valence-electron chi connectivity index (χ3n) is 4.47. The number of aliphatic imine (C=N–C) groups is 1. The predicted molar refractivity (Wildman–Crippen MR) is 103 cm³/mol. The van der Waals surface area contributed by atoms with Gasteiger partial charge in [0.05, 0.1) is 12.6 Å². The van der Waals surface area contributed by atoms with Gasteiger partial charge in [0.2, 0.25) is 0 Å². The fourth-order valence-corrected chi connectivity index (χ4v) is 2.69. The lowest BCUT2D eigenvalue weighted by molar-refractivity contribution is 0.296. The number of nitrogens with zero attached hydrogens (tertiary/aromatic N) is 1. The number of ether oxygens (including phenoxy) is 1. The van der Waals surface area contributed by atoms with Gasteiger partial charge < -0.3 is 15.4 Å². The topological polar surface area (TPSA) is 45.7 Å². The third kappa shape index (κ3) is 5.24. The molecule has 25 heavy (non-hydrogen) atoms. The van der Waals surface area contributed by atoms with Crippen molar-refractivity contribution in [2.75, 3.05) is 13.7 Å². The average molecular weight is 337 g/mol. The lowest BCUT2D eigenvalue weighted by Gasteiger charge is -2.19. The Hall–Kier alpha value is -2.49. The lowest BCUT2D eigenvalue weighted by Crippen LogP contribution is -2.38. The monoisotopic (exact) mass is 337 g/mol. The van der Waals surface area contributed by atoms with Gasteiger partial charge in [0.1, 0.15) is 5.75 Å². The zero-order chi connectivity index (χ0) is 17.5. The molecule has 4 heteroatoms. The van der Waals surface area contributed by atoms with Crippen LogP contribution in [0.3, 0.4) is 0 Å². The van der Waals surface area contributed by atoms with Crippen molar-refractivity contribution >= 4 is 5.96 Å². The van der Waals surface area contributed by atoms with Crippen LogP contribution in [0, 0.1) is 5.92 Å². The van der Waals surface area contributed by atoms with Gasteiger partial charge in [-0.3, -0.25) is 4.99 Å². The SMILES string of the molecule is CN=C(NCc1ccccc1OCC1CC1)NC(C)c1ccccc1. The van der Waals surface area contributed by atoms with Gasteiger partial charge in [-0.25, -0.2) is 0 Å². The normalized spacial score (nSPS) is 15.5. The maximum Gasteiger partial charge on any atom is 0.191 e. The average Bonchev–Trinajstić information content (AvgIpc) is 3.49. The van der Waals surface area contributed by atoms with Crippen LogP contribution in [-0.2, 0) is 6.54 Å². The second-order valence-electron chi connectivity index (χ2n) is 6.56. The van der Waals surface area contributed by atoms with Crippen LogP contribution in [0.5, 0.6) is 5.75 Å². The fraction of sp³-hybridized carbons (Fsp3) is 0.381. The van der Waals surface area contributed by atoms with E-state index in [4.69, 9.17) is 4.74 Å². The van der Waals surface area contributed by atoms with Gasteiger partial charge in [0, 0.05) is 19.2 Å². The molecule has 1 aliphatic carbocycles. The van der Waals surface area contributed by atoms with Gasteiger partial charge in [0.25, 0.3) is 0 Å². The summed E-state index contributed by atoms with van der Waals surface area (Å²) in [6, 6.07) is 18.8. The van der Waals surface area contributed by atoms with Crippen LogP contribution in [-0.4, -0.2) is 19.6 Å². The van der Waals surface area contributed by atoms with E-state index in [9.17, 15) is 0 Å². The first kappa shape index (κ1) is 17.3. The molecule has 2 N–H and O–H groups in total. The molecule has 1 saturated carbocycles. The summed E-state index contributed by atoms with van der Waals surface area (Å²) >= 11 is 0. The van der Waals surface area contributed by atoms with Crippen LogP contribution < -0.4 is 15.4 Å². The second-order valence-corrected chi connectivity index (χ2v) is 6.56. The van der Waals surface area contributed by atoms with E-state index in [0.717, 1.165) is 29.8 Å². The molecule has 0 saturated heterocycles. The highest BCUT2D eigenvalue weighted by Gasteiger charge is 2.22. The molecule has 1 atom stereocenters. The summed E-state index contributed by atoms with van der Waals surface area (Å²) in [5, 5.41) is 6.82. The Morgan fingerprint density at radius 2 is 1.84 bits per heavy atom. The molecule has 0 spiro atoms.